The summed E-state index contributed by atoms with van der Waals surface area (Å²) in [4.78, 5) is 16.2. The fourth-order valence-electron chi connectivity index (χ4n) is 2.57. The molecular formula is C22H23N3O4S. The van der Waals surface area contributed by atoms with Crippen molar-refractivity contribution < 1.29 is 17.9 Å². The molecule has 0 unspecified atom stereocenters. The fourth-order valence-corrected chi connectivity index (χ4v) is 3.61. The highest BCUT2D eigenvalue weighted by molar-refractivity contribution is 7.92. The molecular weight excluding hydrogens is 402 g/mol. The lowest BCUT2D eigenvalue weighted by atomic mass is 10.2. The highest BCUT2D eigenvalue weighted by atomic mass is 32.2. The summed E-state index contributed by atoms with van der Waals surface area (Å²) in [5.41, 5.74) is 1.85. The van der Waals surface area contributed by atoms with Gasteiger partial charge in [0.05, 0.1) is 16.8 Å². The number of hydrogen-bond acceptors (Lipinski definition) is 5. The van der Waals surface area contributed by atoms with E-state index in [1.54, 1.807) is 60.7 Å². The van der Waals surface area contributed by atoms with Crippen LogP contribution in [0.4, 0.5) is 5.69 Å². The lowest BCUT2D eigenvalue weighted by Crippen LogP contribution is -2.23. The van der Waals surface area contributed by atoms with Gasteiger partial charge in [0.2, 0.25) is 5.88 Å². The number of benzene rings is 2. The van der Waals surface area contributed by atoms with Crippen LogP contribution in [0.25, 0.3) is 0 Å². The molecule has 156 valence electrons. The van der Waals surface area contributed by atoms with Crippen molar-refractivity contribution in [2.24, 2.45) is 0 Å². The molecule has 2 N–H and O–H groups in total. The predicted octanol–water partition coefficient (Wildman–Crippen LogP) is 4.12. The number of carbonyl (C=O) groups excluding carboxylic acids is 1. The van der Waals surface area contributed by atoms with E-state index in [0.29, 0.717) is 29.4 Å². The van der Waals surface area contributed by atoms with E-state index in [0.717, 1.165) is 12.0 Å². The van der Waals surface area contributed by atoms with Crippen molar-refractivity contribution in [3.63, 3.8) is 0 Å². The number of aryl methyl sites for hydroxylation is 1. The Morgan fingerprint density at radius 2 is 1.70 bits per heavy atom. The maximum absolute atomic E-state index is 12.4. The molecule has 1 amide bonds. The minimum absolute atomic E-state index is 0.133. The molecule has 0 aliphatic carbocycles. The molecule has 0 radical (unpaired) electrons. The van der Waals surface area contributed by atoms with Gasteiger partial charge in [-0.1, -0.05) is 24.6 Å². The zero-order chi connectivity index (χ0) is 21.6. The number of carbonyl (C=O) groups is 1. The summed E-state index contributed by atoms with van der Waals surface area (Å²) in [5, 5.41) is 2.81. The van der Waals surface area contributed by atoms with Crippen LogP contribution in [0.5, 0.6) is 11.6 Å². The van der Waals surface area contributed by atoms with Crippen LogP contribution >= 0.6 is 0 Å². The summed E-state index contributed by atoms with van der Waals surface area (Å²) in [6.45, 7) is 4.51. The van der Waals surface area contributed by atoms with Crippen molar-refractivity contribution in [3.8, 4) is 11.6 Å². The Morgan fingerprint density at radius 1 is 1.00 bits per heavy atom. The predicted molar refractivity (Wildman–Crippen MR) is 115 cm³/mol. The Morgan fingerprint density at radius 3 is 2.30 bits per heavy atom. The van der Waals surface area contributed by atoms with Gasteiger partial charge in [-0.05, 0) is 55.8 Å². The van der Waals surface area contributed by atoms with Crippen molar-refractivity contribution in [2.75, 3.05) is 11.3 Å². The number of hydrogen-bond donors (Lipinski definition) is 2. The second-order valence-corrected chi connectivity index (χ2v) is 8.37. The van der Waals surface area contributed by atoms with Gasteiger partial charge in [-0.2, -0.15) is 0 Å². The Labute approximate surface area is 176 Å². The third kappa shape index (κ3) is 5.57. The van der Waals surface area contributed by atoms with Gasteiger partial charge in [-0.3, -0.25) is 9.52 Å². The molecule has 0 atom stereocenters. The molecule has 0 bridgehead atoms. The molecule has 7 nitrogen and oxygen atoms in total. The second kappa shape index (κ2) is 9.41. The average molecular weight is 426 g/mol. The minimum atomic E-state index is -3.69. The van der Waals surface area contributed by atoms with E-state index in [1.807, 2.05) is 13.8 Å². The summed E-state index contributed by atoms with van der Waals surface area (Å²) < 4.78 is 33.0. The molecule has 3 aromatic rings. The van der Waals surface area contributed by atoms with Crippen molar-refractivity contribution in [3.05, 3.63) is 78.0 Å². The summed E-state index contributed by atoms with van der Waals surface area (Å²) in [7, 11) is -3.69. The molecule has 0 spiro atoms. The number of pyridine rings is 1. The van der Waals surface area contributed by atoms with Gasteiger partial charge in [0.15, 0.2) is 0 Å². The van der Waals surface area contributed by atoms with E-state index in [-0.39, 0.29) is 10.8 Å². The smallest absolute Gasteiger partial charge is 0.261 e. The van der Waals surface area contributed by atoms with Crippen LogP contribution in [0.1, 0.15) is 29.3 Å². The molecule has 0 aliphatic heterocycles. The maximum Gasteiger partial charge on any atom is 0.261 e. The molecule has 2 aromatic carbocycles. The van der Waals surface area contributed by atoms with Crippen LogP contribution in [-0.2, 0) is 10.0 Å². The highest BCUT2D eigenvalue weighted by Gasteiger charge is 2.14. The van der Waals surface area contributed by atoms with Crippen LogP contribution in [0, 0.1) is 6.92 Å². The molecule has 8 heteroatoms. The third-order valence-corrected chi connectivity index (χ3v) is 5.59. The molecule has 3 rings (SSSR count). The molecule has 0 saturated carbocycles. The van der Waals surface area contributed by atoms with Crippen LogP contribution in [-0.4, -0.2) is 25.9 Å². The molecule has 1 aromatic heterocycles. The van der Waals surface area contributed by atoms with E-state index >= 15 is 0 Å². The first-order valence-corrected chi connectivity index (χ1v) is 11.0. The number of amides is 1. The van der Waals surface area contributed by atoms with E-state index in [4.69, 9.17) is 4.74 Å². The van der Waals surface area contributed by atoms with E-state index < -0.39 is 10.0 Å². The first kappa shape index (κ1) is 21.3. The SMILES string of the molecule is CCCNC(=O)c1ccc(Oc2ccc(NS(=O)(=O)c3ccc(C)cc3)cn2)cc1. The number of anilines is 1. The van der Waals surface area contributed by atoms with Crippen molar-refractivity contribution in [2.45, 2.75) is 25.2 Å². The molecule has 0 aliphatic rings. The number of rotatable bonds is 8. The van der Waals surface area contributed by atoms with E-state index in [9.17, 15) is 13.2 Å². The molecule has 0 fully saturated rings. The maximum atomic E-state index is 12.4. The second-order valence-electron chi connectivity index (χ2n) is 6.69. The normalized spacial score (nSPS) is 11.0. The lowest BCUT2D eigenvalue weighted by Gasteiger charge is -2.09. The van der Waals surface area contributed by atoms with Gasteiger partial charge in [0.1, 0.15) is 5.75 Å². The first-order chi connectivity index (χ1) is 14.4. The average Bonchev–Trinajstić information content (AvgIpc) is 2.74. The van der Waals surface area contributed by atoms with Gasteiger partial charge >= 0.3 is 0 Å². The number of sulfonamides is 1. The quantitative estimate of drug-likeness (QED) is 0.566. The summed E-state index contributed by atoms with van der Waals surface area (Å²) in [6.07, 6.45) is 2.25. The Balaban J connectivity index is 1.63. The Hall–Kier alpha value is -3.39. The van der Waals surface area contributed by atoms with Crippen LogP contribution in [0.2, 0.25) is 0 Å². The summed E-state index contributed by atoms with van der Waals surface area (Å²) >= 11 is 0. The number of ether oxygens (including phenoxy) is 1. The topological polar surface area (TPSA) is 97.4 Å². The standard InChI is InChI=1S/C22H23N3O4S/c1-3-14-23-22(26)17-6-9-19(10-7-17)29-21-13-8-18(15-24-21)25-30(27,28)20-11-4-16(2)5-12-20/h4-13,15,25H,3,14H2,1-2H3,(H,23,26). The van der Waals surface area contributed by atoms with Gasteiger partial charge in [0, 0.05) is 18.2 Å². The van der Waals surface area contributed by atoms with Crippen molar-refractivity contribution >= 4 is 21.6 Å². The van der Waals surface area contributed by atoms with Crippen molar-refractivity contribution in [1.82, 2.24) is 10.3 Å². The van der Waals surface area contributed by atoms with E-state index in [1.165, 1.54) is 6.20 Å². The first-order valence-electron chi connectivity index (χ1n) is 9.49. The van der Waals surface area contributed by atoms with Crippen molar-refractivity contribution in [1.29, 1.82) is 0 Å². The molecule has 30 heavy (non-hydrogen) atoms. The fraction of sp³-hybridized carbons (Fsp3) is 0.182. The van der Waals surface area contributed by atoms with Gasteiger partial charge in [-0.15, -0.1) is 0 Å². The third-order valence-electron chi connectivity index (χ3n) is 4.19. The van der Waals surface area contributed by atoms with Crippen LogP contribution < -0.4 is 14.8 Å². The monoisotopic (exact) mass is 425 g/mol. The molecule has 1 heterocycles. The number of nitrogens with one attached hydrogen (secondary N) is 2. The zero-order valence-electron chi connectivity index (χ0n) is 16.8. The van der Waals surface area contributed by atoms with Gasteiger partial charge < -0.3 is 10.1 Å². The number of nitrogens with zero attached hydrogens (tertiary/aromatic N) is 1. The number of aromatic nitrogens is 1. The minimum Gasteiger partial charge on any atom is -0.439 e. The Bertz CT molecular complexity index is 1090. The summed E-state index contributed by atoms with van der Waals surface area (Å²) in [5.74, 6) is 0.686. The van der Waals surface area contributed by atoms with Gasteiger partial charge in [0.25, 0.3) is 15.9 Å². The summed E-state index contributed by atoms with van der Waals surface area (Å²) in [6, 6.07) is 16.4. The highest BCUT2D eigenvalue weighted by Crippen LogP contribution is 2.22. The lowest BCUT2D eigenvalue weighted by molar-refractivity contribution is 0.0953. The zero-order valence-corrected chi connectivity index (χ0v) is 17.6. The van der Waals surface area contributed by atoms with Crippen LogP contribution in [0.3, 0.4) is 0 Å². The van der Waals surface area contributed by atoms with E-state index in [2.05, 4.69) is 15.0 Å². The Kier molecular flexibility index (Phi) is 6.68. The largest absolute Gasteiger partial charge is 0.439 e. The van der Waals surface area contributed by atoms with Crippen LogP contribution in [0.15, 0.2) is 71.8 Å². The molecule has 0 saturated heterocycles. The van der Waals surface area contributed by atoms with Gasteiger partial charge in [-0.25, -0.2) is 13.4 Å².